The van der Waals surface area contributed by atoms with Crippen molar-refractivity contribution >= 4 is 11.9 Å². The molecule has 0 aliphatic heterocycles. The number of carbonyl (C=O) groups excluding carboxylic acids is 2. The van der Waals surface area contributed by atoms with Crippen molar-refractivity contribution in [3.05, 3.63) is 48.6 Å². The van der Waals surface area contributed by atoms with Crippen LogP contribution in [-0.4, -0.2) is 47.4 Å². The molecule has 1 amide bonds. The van der Waals surface area contributed by atoms with E-state index >= 15 is 0 Å². The van der Waals surface area contributed by atoms with Crippen LogP contribution in [0.15, 0.2) is 48.6 Å². The Labute approximate surface area is 550 Å². The van der Waals surface area contributed by atoms with E-state index in [4.69, 9.17) is 4.74 Å². The number of esters is 1. The highest BCUT2D eigenvalue weighted by Crippen LogP contribution is 2.19. The SMILES string of the molecule is CCCCCCCC/C=C\CCCCCCCCCCCC(=O)OCCCCCCCCCCC/C=C\C/C=C\CCCCCCCCCCCCCCCCCC(=O)NC(CO)C(O)/C=C/CCCCCCCCCCCCCCCCCCCCC. The summed E-state index contributed by atoms with van der Waals surface area (Å²) in [5.41, 5.74) is 0. The molecule has 0 spiro atoms. The summed E-state index contributed by atoms with van der Waals surface area (Å²) in [5.74, 6) is -0.0503. The third-order valence-corrected chi connectivity index (χ3v) is 18.6. The third kappa shape index (κ3) is 72.9. The lowest BCUT2D eigenvalue weighted by Gasteiger charge is -2.20. The van der Waals surface area contributed by atoms with E-state index in [1.54, 1.807) is 6.08 Å². The molecule has 0 aromatic rings. The van der Waals surface area contributed by atoms with Crippen molar-refractivity contribution in [3.63, 3.8) is 0 Å². The van der Waals surface area contributed by atoms with Crippen LogP contribution >= 0.6 is 0 Å². The van der Waals surface area contributed by atoms with Crippen LogP contribution in [0.1, 0.15) is 438 Å². The molecule has 0 aliphatic carbocycles. The topological polar surface area (TPSA) is 95.9 Å². The quantitative estimate of drug-likeness (QED) is 0.0320. The van der Waals surface area contributed by atoms with Crippen LogP contribution < -0.4 is 5.32 Å². The fourth-order valence-corrected chi connectivity index (χ4v) is 12.5. The van der Waals surface area contributed by atoms with Crippen molar-refractivity contribution in [2.75, 3.05) is 13.2 Å². The van der Waals surface area contributed by atoms with Gasteiger partial charge in [0.05, 0.1) is 25.4 Å². The van der Waals surface area contributed by atoms with Crippen molar-refractivity contribution in [2.24, 2.45) is 0 Å². The monoisotopic (exact) mass is 1230 g/mol. The molecule has 0 saturated heterocycles. The van der Waals surface area contributed by atoms with Crippen LogP contribution in [0.5, 0.6) is 0 Å². The Bertz CT molecular complexity index is 1470. The first-order valence-electron chi connectivity index (χ1n) is 39.9. The summed E-state index contributed by atoms with van der Waals surface area (Å²) >= 11 is 0. The second-order valence-corrected chi connectivity index (χ2v) is 27.4. The zero-order valence-corrected chi connectivity index (χ0v) is 59.5. The van der Waals surface area contributed by atoms with Crippen LogP contribution in [0.25, 0.3) is 0 Å². The maximum atomic E-state index is 12.5. The van der Waals surface area contributed by atoms with Gasteiger partial charge in [-0.1, -0.05) is 383 Å². The Kier molecular flexibility index (Phi) is 75.4. The normalized spacial score (nSPS) is 12.7. The predicted octanol–water partition coefficient (Wildman–Crippen LogP) is 26.4. The highest BCUT2D eigenvalue weighted by atomic mass is 16.5. The summed E-state index contributed by atoms with van der Waals surface area (Å²) in [6.07, 6.45) is 102. The highest BCUT2D eigenvalue weighted by Gasteiger charge is 2.18. The summed E-state index contributed by atoms with van der Waals surface area (Å²) in [6.45, 7) is 4.94. The summed E-state index contributed by atoms with van der Waals surface area (Å²) in [6, 6.07) is -0.629. The van der Waals surface area contributed by atoms with Gasteiger partial charge >= 0.3 is 5.97 Å². The Hall–Kier alpha value is -2.18. The van der Waals surface area contributed by atoms with E-state index in [0.717, 1.165) is 51.4 Å². The smallest absolute Gasteiger partial charge is 0.305 e. The van der Waals surface area contributed by atoms with Crippen LogP contribution in [-0.2, 0) is 14.3 Å². The third-order valence-electron chi connectivity index (χ3n) is 18.6. The molecule has 0 radical (unpaired) electrons. The Morgan fingerprint density at radius 3 is 0.875 bits per heavy atom. The van der Waals surface area contributed by atoms with Crippen LogP contribution in [0.2, 0.25) is 0 Å². The standard InChI is InChI=1S/C82H155NO5/c1-3-5-7-9-11-13-15-17-19-21-23-35-39-42-46-50-54-58-62-66-70-74-80(85)79(78-84)83-81(86)75-71-67-63-59-55-51-47-43-40-36-33-31-29-27-25-24-26-28-30-32-34-37-41-45-49-53-57-61-65-69-73-77-88-82(87)76-72-68-64-60-56-52-48-44-38-22-20-18-16-14-12-10-8-6-4-2/h18,20,26,28,32,34,70,74,79-80,84-85H,3-17,19,21-25,27,29-31,33,35-69,71-73,75-78H2,1-2H3,(H,83,86)/b20-18-,28-26-,34-32-,74-70+. The molecule has 3 N–H and O–H groups in total. The van der Waals surface area contributed by atoms with Gasteiger partial charge in [-0.25, -0.2) is 0 Å². The summed E-state index contributed by atoms with van der Waals surface area (Å²) in [7, 11) is 0. The number of hydrogen-bond donors (Lipinski definition) is 3. The van der Waals surface area contributed by atoms with Gasteiger partial charge in [0.2, 0.25) is 5.91 Å². The number of nitrogens with one attached hydrogen (secondary N) is 1. The minimum absolute atomic E-state index is 0.0131. The molecule has 2 unspecified atom stereocenters. The number of hydrogen-bond acceptors (Lipinski definition) is 5. The Morgan fingerprint density at radius 2 is 0.568 bits per heavy atom. The van der Waals surface area contributed by atoms with E-state index < -0.39 is 12.1 Å². The number of unbranched alkanes of at least 4 members (excludes halogenated alkanes) is 58. The van der Waals surface area contributed by atoms with E-state index in [1.807, 2.05) is 6.08 Å². The molecule has 0 saturated carbocycles. The molecular formula is C82H155NO5. The zero-order valence-electron chi connectivity index (χ0n) is 59.5. The average Bonchev–Trinajstić information content (AvgIpc) is 3.57. The lowest BCUT2D eigenvalue weighted by atomic mass is 10.0. The number of ether oxygens (including phenoxy) is 1. The van der Waals surface area contributed by atoms with Gasteiger partial charge in [-0.3, -0.25) is 9.59 Å². The molecule has 0 fully saturated rings. The lowest BCUT2D eigenvalue weighted by Crippen LogP contribution is -2.45. The highest BCUT2D eigenvalue weighted by molar-refractivity contribution is 5.76. The van der Waals surface area contributed by atoms with Crippen molar-refractivity contribution < 1.29 is 24.5 Å². The maximum Gasteiger partial charge on any atom is 0.305 e. The molecule has 0 aromatic heterocycles. The molecule has 0 rings (SSSR count). The molecule has 0 aromatic carbocycles. The average molecular weight is 1240 g/mol. The first kappa shape index (κ1) is 85.8. The van der Waals surface area contributed by atoms with Gasteiger partial charge < -0.3 is 20.3 Å². The van der Waals surface area contributed by atoms with Crippen LogP contribution in [0.4, 0.5) is 0 Å². The molecule has 0 heterocycles. The fourth-order valence-electron chi connectivity index (χ4n) is 12.5. The number of carbonyl (C=O) groups is 2. The minimum Gasteiger partial charge on any atom is -0.466 e. The van der Waals surface area contributed by atoms with Crippen molar-refractivity contribution in [1.29, 1.82) is 0 Å². The second kappa shape index (κ2) is 77.3. The van der Waals surface area contributed by atoms with E-state index in [0.29, 0.717) is 19.4 Å². The van der Waals surface area contributed by atoms with Gasteiger partial charge in [-0.2, -0.15) is 0 Å². The molecule has 88 heavy (non-hydrogen) atoms. The van der Waals surface area contributed by atoms with E-state index in [9.17, 15) is 19.8 Å². The summed E-state index contributed by atoms with van der Waals surface area (Å²) in [4.78, 5) is 24.7. The largest absolute Gasteiger partial charge is 0.466 e. The first-order valence-corrected chi connectivity index (χ1v) is 39.9. The maximum absolute atomic E-state index is 12.5. The van der Waals surface area contributed by atoms with E-state index in [-0.39, 0.29) is 18.5 Å². The second-order valence-electron chi connectivity index (χ2n) is 27.4. The number of amides is 1. The minimum atomic E-state index is -0.846. The predicted molar refractivity (Wildman–Crippen MR) is 389 cm³/mol. The van der Waals surface area contributed by atoms with Crippen LogP contribution in [0, 0.1) is 0 Å². The lowest BCUT2D eigenvalue weighted by molar-refractivity contribution is -0.143. The number of rotatable bonds is 75. The fraction of sp³-hybridized carbons (Fsp3) is 0.878. The van der Waals surface area contributed by atoms with Crippen molar-refractivity contribution in [1.82, 2.24) is 5.32 Å². The molecule has 6 nitrogen and oxygen atoms in total. The van der Waals surface area contributed by atoms with Gasteiger partial charge in [0.1, 0.15) is 0 Å². The molecule has 0 aliphatic rings. The Balaban J connectivity index is 3.40. The number of aliphatic hydroxyl groups excluding tert-OH is 2. The van der Waals surface area contributed by atoms with E-state index in [1.165, 1.54) is 360 Å². The molecule has 2 atom stereocenters. The van der Waals surface area contributed by atoms with E-state index in [2.05, 4.69) is 55.6 Å². The van der Waals surface area contributed by atoms with Gasteiger partial charge in [-0.05, 0) is 89.9 Å². The summed E-state index contributed by atoms with van der Waals surface area (Å²) < 4.78 is 5.51. The molecule has 6 heteroatoms. The Morgan fingerprint density at radius 1 is 0.318 bits per heavy atom. The van der Waals surface area contributed by atoms with Gasteiger partial charge in [-0.15, -0.1) is 0 Å². The number of allylic oxidation sites excluding steroid dienone is 7. The van der Waals surface area contributed by atoms with Crippen molar-refractivity contribution in [3.8, 4) is 0 Å². The molecule has 0 bridgehead atoms. The zero-order chi connectivity index (χ0) is 63.5. The van der Waals surface area contributed by atoms with Crippen LogP contribution in [0.3, 0.4) is 0 Å². The molecular weight excluding hydrogens is 1080 g/mol. The number of aliphatic hydroxyl groups is 2. The summed E-state index contributed by atoms with van der Waals surface area (Å²) in [5, 5.41) is 23.3. The van der Waals surface area contributed by atoms with Gasteiger partial charge in [0, 0.05) is 12.8 Å². The van der Waals surface area contributed by atoms with Gasteiger partial charge in [0.25, 0.3) is 0 Å². The first-order chi connectivity index (χ1) is 43.5. The van der Waals surface area contributed by atoms with Crippen molar-refractivity contribution in [2.45, 2.75) is 450 Å². The van der Waals surface area contributed by atoms with Gasteiger partial charge in [0.15, 0.2) is 0 Å². The molecule has 518 valence electrons.